The minimum atomic E-state index is -4.63. The van der Waals surface area contributed by atoms with Gasteiger partial charge in [-0.15, -0.1) is 11.3 Å². The molecular weight excluding hydrogens is 517 g/mol. The second kappa shape index (κ2) is 10.9. The van der Waals surface area contributed by atoms with E-state index in [2.05, 4.69) is 33.8 Å². The summed E-state index contributed by atoms with van der Waals surface area (Å²) in [6.07, 6.45) is 1.22. The van der Waals surface area contributed by atoms with Crippen molar-refractivity contribution in [3.05, 3.63) is 69.8 Å². The standard InChI is InChI=1S/C23H23ClFN3O5S2/c1-16(17-5-3-2-4-6-17)27-11-9-18(10-12-27)33-19-7-8-20(23(25)22(19)24)35(30,31)28(32-15-29)21-13-34-14-26-21/h2-8,13-16,18H,9-12H2,1H3/t16-/m1/s1. The lowest BCUT2D eigenvalue weighted by Gasteiger charge is -2.36. The zero-order valence-electron chi connectivity index (χ0n) is 18.7. The molecule has 0 bridgehead atoms. The van der Waals surface area contributed by atoms with Gasteiger partial charge in [-0.1, -0.05) is 46.4 Å². The van der Waals surface area contributed by atoms with Crippen molar-refractivity contribution in [3.8, 4) is 5.75 Å². The van der Waals surface area contributed by atoms with Crippen LogP contribution in [0.15, 0.2) is 58.3 Å². The number of thiazole rings is 1. The molecule has 1 atom stereocenters. The Bertz CT molecular complexity index is 1250. The minimum Gasteiger partial charge on any atom is -0.489 e. The van der Waals surface area contributed by atoms with E-state index in [0.717, 1.165) is 30.5 Å². The Morgan fingerprint density at radius 1 is 1.23 bits per heavy atom. The van der Waals surface area contributed by atoms with Crippen molar-refractivity contribution in [2.75, 3.05) is 17.6 Å². The lowest BCUT2D eigenvalue weighted by Crippen LogP contribution is -2.39. The molecule has 1 aliphatic rings. The molecule has 0 aliphatic carbocycles. The number of rotatable bonds is 9. The molecule has 2 heterocycles. The maximum absolute atomic E-state index is 15.1. The van der Waals surface area contributed by atoms with Gasteiger partial charge in [-0.3, -0.25) is 9.69 Å². The summed E-state index contributed by atoms with van der Waals surface area (Å²) in [7, 11) is -4.63. The second-order valence-electron chi connectivity index (χ2n) is 7.91. The van der Waals surface area contributed by atoms with Gasteiger partial charge in [0.15, 0.2) is 11.6 Å². The highest BCUT2D eigenvalue weighted by molar-refractivity contribution is 7.92. The fourth-order valence-electron chi connectivity index (χ4n) is 3.97. The molecule has 2 aromatic carbocycles. The highest BCUT2D eigenvalue weighted by Crippen LogP contribution is 2.36. The quantitative estimate of drug-likeness (QED) is 0.284. The number of aromatic nitrogens is 1. The second-order valence-corrected chi connectivity index (χ2v) is 10.7. The van der Waals surface area contributed by atoms with Crippen molar-refractivity contribution in [2.45, 2.75) is 36.8 Å². The Labute approximate surface area is 211 Å². The highest BCUT2D eigenvalue weighted by atomic mass is 35.5. The van der Waals surface area contributed by atoms with E-state index < -0.39 is 25.8 Å². The van der Waals surface area contributed by atoms with E-state index in [1.807, 2.05) is 18.2 Å². The van der Waals surface area contributed by atoms with E-state index in [-0.39, 0.29) is 34.7 Å². The van der Waals surface area contributed by atoms with Crippen molar-refractivity contribution in [1.29, 1.82) is 0 Å². The topological polar surface area (TPSA) is 89.0 Å². The van der Waals surface area contributed by atoms with Crippen LogP contribution in [0, 0.1) is 5.82 Å². The maximum atomic E-state index is 15.1. The number of halogens is 2. The molecule has 8 nitrogen and oxygen atoms in total. The van der Waals surface area contributed by atoms with Crippen LogP contribution in [0.4, 0.5) is 10.2 Å². The Morgan fingerprint density at radius 3 is 2.57 bits per heavy atom. The van der Waals surface area contributed by atoms with Gasteiger partial charge in [0.2, 0.25) is 0 Å². The monoisotopic (exact) mass is 539 g/mol. The van der Waals surface area contributed by atoms with E-state index in [4.69, 9.17) is 16.3 Å². The number of nitrogens with zero attached hydrogens (tertiary/aromatic N) is 3. The largest absolute Gasteiger partial charge is 0.489 e. The molecule has 186 valence electrons. The fraction of sp³-hybridized carbons (Fsp3) is 0.304. The number of likely N-dealkylation sites (tertiary alicyclic amines) is 1. The lowest BCUT2D eigenvalue weighted by atomic mass is 10.0. The van der Waals surface area contributed by atoms with Crippen molar-refractivity contribution in [2.24, 2.45) is 0 Å². The van der Waals surface area contributed by atoms with E-state index >= 15 is 4.39 Å². The van der Waals surface area contributed by atoms with Gasteiger partial charge in [0.1, 0.15) is 21.8 Å². The first kappa shape index (κ1) is 25.4. The van der Waals surface area contributed by atoms with E-state index in [1.54, 1.807) is 0 Å². The molecule has 3 aromatic rings. The molecule has 0 spiro atoms. The number of hydrogen-bond donors (Lipinski definition) is 0. The number of carbonyl (C=O) groups is 1. The van der Waals surface area contributed by atoms with Gasteiger partial charge >= 0.3 is 6.47 Å². The summed E-state index contributed by atoms with van der Waals surface area (Å²) in [5, 5.41) is 0.874. The van der Waals surface area contributed by atoms with Crippen molar-refractivity contribution >= 4 is 45.3 Å². The summed E-state index contributed by atoms with van der Waals surface area (Å²) < 4.78 is 47.3. The first-order chi connectivity index (χ1) is 16.8. The molecule has 0 saturated carbocycles. The molecule has 1 aromatic heterocycles. The van der Waals surface area contributed by atoms with Gasteiger partial charge < -0.3 is 9.57 Å². The SMILES string of the molecule is C[C@H](c1ccccc1)N1CCC(Oc2ccc(S(=O)(=O)N(OC=O)c3cscn3)c(F)c2Cl)CC1. The third-order valence-electron chi connectivity index (χ3n) is 5.85. The minimum absolute atomic E-state index is 0.0502. The molecular formula is C23H23ClFN3O5S2. The molecule has 35 heavy (non-hydrogen) atoms. The van der Waals surface area contributed by atoms with Gasteiger partial charge in [-0.25, -0.2) is 9.37 Å². The predicted molar refractivity (Wildman–Crippen MR) is 130 cm³/mol. The fourth-order valence-corrected chi connectivity index (χ4v) is 6.05. The molecule has 1 saturated heterocycles. The Morgan fingerprint density at radius 2 is 1.94 bits per heavy atom. The maximum Gasteiger partial charge on any atom is 0.322 e. The number of sulfonamides is 1. The molecule has 1 aliphatic heterocycles. The van der Waals surface area contributed by atoms with Crippen molar-refractivity contribution in [3.63, 3.8) is 0 Å². The number of piperidine rings is 1. The highest BCUT2D eigenvalue weighted by Gasteiger charge is 2.34. The van der Waals surface area contributed by atoms with E-state index in [9.17, 15) is 13.2 Å². The summed E-state index contributed by atoms with van der Waals surface area (Å²) in [4.78, 5) is 20.8. The van der Waals surface area contributed by atoms with Gasteiger partial charge in [0.25, 0.3) is 10.0 Å². The van der Waals surface area contributed by atoms with Crippen LogP contribution in [0.3, 0.4) is 0 Å². The third-order valence-corrected chi connectivity index (χ3v) is 8.36. The lowest BCUT2D eigenvalue weighted by molar-refractivity contribution is -0.128. The van der Waals surface area contributed by atoms with Crippen LogP contribution >= 0.6 is 22.9 Å². The molecule has 0 amide bonds. The zero-order valence-corrected chi connectivity index (χ0v) is 21.1. The van der Waals surface area contributed by atoms with E-state index in [1.165, 1.54) is 22.5 Å². The summed E-state index contributed by atoms with van der Waals surface area (Å²) in [6.45, 7) is 3.65. The van der Waals surface area contributed by atoms with Gasteiger partial charge in [-0.2, -0.15) is 8.42 Å². The molecule has 4 rings (SSSR count). The Balaban J connectivity index is 1.46. The number of carbonyl (C=O) groups excluding carboxylic acids is 1. The van der Waals surface area contributed by atoms with Crippen molar-refractivity contribution < 1.29 is 27.2 Å². The van der Waals surface area contributed by atoms with Crippen LogP contribution in [0.2, 0.25) is 5.02 Å². The van der Waals surface area contributed by atoms with Crippen LogP contribution in [0.5, 0.6) is 5.75 Å². The molecule has 0 radical (unpaired) electrons. The number of benzene rings is 2. The average molecular weight is 540 g/mol. The Kier molecular flexibility index (Phi) is 7.90. The zero-order chi connectivity index (χ0) is 25.0. The molecule has 0 unspecified atom stereocenters. The molecule has 0 N–H and O–H groups in total. The number of hydrogen-bond acceptors (Lipinski definition) is 8. The van der Waals surface area contributed by atoms with Crippen LogP contribution in [0.25, 0.3) is 0 Å². The molecule has 12 heteroatoms. The molecule has 1 fully saturated rings. The van der Waals surface area contributed by atoms with Crippen LogP contribution < -0.4 is 9.21 Å². The van der Waals surface area contributed by atoms with E-state index in [0.29, 0.717) is 12.8 Å². The van der Waals surface area contributed by atoms with Gasteiger partial charge in [-0.05, 0) is 37.5 Å². The summed E-state index contributed by atoms with van der Waals surface area (Å²) >= 11 is 7.25. The third kappa shape index (κ3) is 5.43. The number of anilines is 1. The number of ether oxygens (including phenoxy) is 1. The first-order valence-electron chi connectivity index (χ1n) is 10.8. The smallest absolute Gasteiger partial charge is 0.322 e. The first-order valence-corrected chi connectivity index (χ1v) is 13.6. The van der Waals surface area contributed by atoms with Crippen LogP contribution in [-0.4, -0.2) is 44.0 Å². The van der Waals surface area contributed by atoms with Gasteiger partial charge in [0.05, 0.1) is 5.51 Å². The van der Waals surface area contributed by atoms with Gasteiger partial charge in [0, 0.05) is 24.5 Å². The summed E-state index contributed by atoms with van der Waals surface area (Å²) in [5.41, 5.74) is 2.58. The average Bonchev–Trinajstić information content (AvgIpc) is 3.40. The van der Waals surface area contributed by atoms with Crippen molar-refractivity contribution in [1.82, 2.24) is 9.88 Å². The Hall–Kier alpha value is -2.73. The predicted octanol–water partition coefficient (Wildman–Crippen LogP) is 4.82. The van der Waals surface area contributed by atoms with Crippen LogP contribution in [-0.2, 0) is 19.7 Å². The summed E-state index contributed by atoms with van der Waals surface area (Å²) in [5.74, 6) is -1.34. The summed E-state index contributed by atoms with van der Waals surface area (Å²) in [6, 6.07) is 12.8. The van der Waals surface area contributed by atoms with Crippen LogP contribution in [0.1, 0.15) is 31.4 Å². The normalized spacial score (nSPS) is 16.0.